The van der Waals surface area contributed by atoms with Crippen LogP contribution in [0.15, 0.2) is 18.5 Å². The summed E-state index contributed by atoms with van der Waals surface area (Å²) >= 11 is 2.54. The molecule has 0 saturated heterocycles. The van der Waals surface area contributed by atoms with Crippen LogP contribution >= 0.6 is 23.1 Å². The molecule has 2 aromatic heterocycles. The highest BCUT2D eigenvalue weighted by atomic mass is 32.2. The standard InChI is InChI=1S/C13H13F2N3OS2/c1-18(10(19)3-4-20-2)13-11(15)17-12(21-13)8-5-9(14)7-16-6-8/h5-7H,3-4H2,1-2H3. The summed E-state index contributed by atoms with van der Waals surface area (Å²) in [6.07, 6.45) is 4.69. The third kappa shape index (κ3) is 3.76. The highest BCUT2D eigenvalue weighted by molar-refractivity contribution is 7.98. The lowest BCUT2D eigenvalue weighted by Gasteiger charge is -2.13. The van der Waals surface area contributed by atoms with Gasteiger partial charge in [-0.15, -0.1) is 0 Å². The van der Waals surface area contributed by atoms with Crippen molar-refractivity contribution >= 4 is 34.0 Å². The van der Waals surface area contributed by atoms with Gasteiger partial charge in [0.15, 0.2) is 5.00 Å². The summed E-state index contributed by atoms with van der Waals surface area (Å²) in [4.78, 5) is 20.6. The van der Waals surface area contributed by atoms with E-state index in [1.807, 2.05) is 6.26 Å². The number of hydrogen-bond acceptors (Lipinski definition) is 5. The lowest BCUT2D eigenvalue weighted by molar-refractivity contribution is -0.117. The fourth-order valence-electron chi connectivity index (χ4n) is 1.62. The van der Waals surface area contributed by atoms with Crippen LogP contribution in [-0.2, 0) is 4.79 Å². The van der Waals surface area contributed by atoms with Gasteiger partial charge < -0.3 is 4.90 Å². The molecule has 0 aromatic carbocycles. The molecule has 8 heteroatoms. The second kappa shape index (κ2) is 6.95. The lowest BCUT2D eigenvalue weighted by Crippen LogP contribution is -2.26. The molecule has 0 aliphatic heterocycles. The van der Waals surface area contributed by atoms with Crippen molar-refractivity contribution in [2.45, 2.75) is 6.42 Å². The van der Waals surface area contributed by atoms with Gasteiger partial charge in [-0.05, 0) is 12.3 Å². The van der Waals surface area contributed by atoms with Crippen molar-refractivity contribution in [2.24, 2.45) is 0 Å². The van der Waals surface area contributed by atoms with Gasteiger partial charge in [0, 0.05) is 31.0 Å². The maximum absolute atomic E-state index is 13.9. The maximum atomic E-state index is 13.9. The molecular weight excluding hydrogens is 316 g/mol. The largest absolute Gasteiger partial charge is 0.303 e. The highest BCUT2D eigenvalue weighted by Crippen LogP contribution is 2.33. The number of aromatic nitrogens is 2. The number of hydrogen-bond donors (Lipinski definition) is 0. The van der Waals surface area contributed by atoms with Crippen LogP contribution in [0.4, 0.5) is 13.8 Å². The minimum absolute atomic E-state index is 0.125. The highest BCUT2D eigenvalue weighted by Gasteiger charge is 2.20. The van der Waals surface area contributed by atoms with E-state index in [1.165, 1.54) is 24.2 Å². The van der Waals surface area contributed by atoms with E-state index in [-0.39, 0.29) is 10.9 Å². The van der Waals surface area contributed by atoms with Crippen molar-refractivity contribution in [3.05, 3.63) is 30.2 Å². The predicted molar refractivity (Wildman–Crippen MR) is 81.7 cm³/mol. The molecule has 0 unspecified atom stereocenters. The fraction of sp³-hybridized carbons (Fsp3) is 0.308. The molecule has 0 radical (unpaired) electrons. The molecule has 0 bridgehead atoms. The third-order valence-corrected chi connectivity index (χ3v) is 4.49. The van der Waals surface area contributed by atoms with Crippen LogP contribution in [-0.4, -0.2) is 34.9 Å². The van der Waals surface area contributed by atoms with Crippen LogP contribution in [0.3, 0.4) is 0 Å². The van der Waals surface area contributed by atoms with Crippen LogP contribution in [0.2, 0.25) is 0 Å². The number of halogens is 2. The van der Waals surface area contributed by atoms with E-state index >= 15 is 0 Å². The van der Waals surface area contributed by atoms with Crippen molar-refractivity contribution in [3.63, 3.8) is 0 Å². The third-order valence-electron chi connectivity index (χ3n) is 2.72. The van der Waals surface area contributed by atoms with Crippen molar-refractivity contribution in [1.82, 2.24) is 9.97 Å². The normalized spacial score (nSPS) is 10.7. The van der Waals surface area contributed by atoms with E-state index in [0.29, 0.717) is 22.7 Å². The number of anilines is 1. The van der Waals surface area contributed by atoms with Gasteiger partial charge in [0.05, 0.1) is 6.20 Å². The van der Waals surface area contributed by atoms with E-state index in [1.54, 1.807) is 11.8 Å². The zero-order valence-electron chi connectivity index (χ0n) is 11.5. The Labute approximate surface area is 129 Å². The van der Waals surface area contributed by atoms with E-state index in [2.05, 4.69) is 9.97 Å². The molecule has 112 valence electrons. The molecule has 4 nitrogen and oxygen atoms in total. The van der Waals surface area contributed by atoms with Gasteiger partial charge in [0.1, 0.15) is 10.8 Å². The number of pyridine rings is 1. The van der Waals surface area contributed by atoms with Crippen LogP contribution in [0.25, 0.3) is 10.6 Å². The van der Waals surface area contributed by atoms with Gasteiger partial charge in [-0.1, -0.05) is 11.3 Å². The SMILES string of the molecule is CSCCC(=O)N(C)c1sc(-c2cncc(F)c2)nc1F. The van der Waals surface area contributed by atoms with Gasteiger partial charge in [-0.2, -0.15) is 16.2 Å². The molecule has 0 fully saturated rings. The van der Waals surface area contributed by atoms with Crippen LogP contribution in [0.5, 0.6) is 0 Å². The number of carbonyl (C=O) groups is 1. The molecule has 1 amide bonds. The topological polar surface area (TPSA) is 46.1 Å². The van der Waals surface area contributed by atoms with Crippen molar-refractivity contribution in [2.75, 3.05) is 24.0 Å². The smallest absolute Gasteiger partial charge is 0.248 e. The van der Waals surface area contributed by atoms with E-state index < -0.39 is 11.8 Å². The first-order valence-corrected chi connectivity index (χ1v) is 8.26. The van der Waals surface area contributed by atoms with Gasteiger partial charge in [0.2, 0.25) is 11.9 Å². The van der Waals surface area contributed by atoms with E-state index in [4.69, 9.17) is 0 Å². The molecule has 2 heterocycles. The Bertz CT molecular complexity index is 648. The fourth-order valence-corrected chi connectivity index (χ4v) is 2.91. The second-order valence-electron chi connectivity index (χ2n) is 4.20. The second-order valence-corrected chi connectivity index (χ2v) is 6.17. The average molecular weight is 329 g/mol. The molecule has 0 aliphatic carbocycles. The number of thioether (sulfide) groups is 1. The van der Waals surface area contributed by atoms with Gasteiger partial charge >= 0.3 is 0 Å². The van der Waals surface area contributed by atoms with Crippen LogP contribution in [0, 0.1) is 11.8 Å². The Kier molecular flexibility index (Phi) is 5.24. The molecule has 2 rings (SSSR count). The summed E-state index contributed by atoms with van der Waals surface area (Å²) in [6.45, 7) is 0. The zero-order chi connectivity index (χ0) is 15.4. The Morgan fingerprint density at radius 1 is 1.43 bits per heavy atom. The number of thiazole rings is 1. The summed E-state index contributed by atoms with van der Waals surface area (Å²) < 4.78 is 27.1. The molecular formula is C13H13F2N3OS2. The summed E-state index contributed by atoms with van der Waals surface area (Å²) in [5.41, 5.74) is 0.384. The first kappa shape index (κ1) is 15.8. The van der Waals surface area contributed by atoms with Crippen LogP contribution < -0.4 is 4.90 Å². The molecule has 21 heavy (non-hydrogen) atoms. The Balaban J connectivity index is 2.25. The average Bonchev–Trinajstić information content (AvgIpc) is 2.86. The summed E-state index contributed by atoms with van der Waals surface area (Å²) in [5.74, 6) is -0.770. The van der Waals surface area contributed by atoms with Crippen molar-refractivity contribution in [3.8, 4) is 10.6 Å². The molecule has 0 atom stereocenters. The van der Waals surface area contributed by atoms with Gasteiger partial charge in [0.25, 0.3) is 0 Å². The maximum Gasteiger partial charge on any atom is 0.248 e. The first-order chi connectivity index (χ1) is 10.0. The Morgan fingerprint density at radius 3 is 2.86 bits per heavy atom. The van der Waals surface area contributed by atoms with Crippen molar-refractivity contribution in [1.29, 1.82) is 0 Å². The lowest BCUT2D eigenvalue weighted by atomic mass is 10.3. The summed E-state index contributed by atoms with van der Waals surface area (Å²) in [5, 5.41) is 0.416. The Hall–Kier alpha value is -1.54. The van der Waals surface area contributed by atoms with Crippen LogP contribution in [0.1, 0.15) is 6.42 Å². The van der Waals surface area contributed by atoms with E-state index in [9.17, 15) is 13.6 Å². The summed E-state index contributed by atoms with van der Waals surface area (Å²) in [7, 11) is 1.51. The molecule has 0 aliphatic rings. The quantitative estimate of drug-likeness (QED) is 0.845. The number of rotatable bonds is 5. The number of nitrogens with zero attached hydrogens (tertiary/aromatic N) is 3. The number of carbonyl (C=O) groups excluding carboxylic acids is 1. The zero-order valence-corrected chi connectivity index (χ0v) is 13.1. The predicted octanol–water partition coefficient (Wildman–Crippen LogP) is 3.20. The Morgan fingerprint density at radius 2 is 2.19 bits per heavy atom. The minimum Gasteiger partial charge on any atom is -0.303 e. The molecule has 0 spiro atoms. The molecule has 2 aromatic rings. The van der Waals surface area contributed by atoms with Crippen molar-refractivity contribution < 1.29 is 13.6 Å². The number of amides is 1. The van der Waals surface area contributed by atoms with E-state index in [0.717, 1.165) is 17.5 Å². The minimum atomic E-state index is -0.737. The molecule has 0 saturated carbocycles. The molecule has 0 N–H and O–H groups in total. The summed E-state index contributed by atoms with van der Waals surface area (Å²) in [6, 6.07) is 1.23. The first-order valence-electron chi connectivity index (χ1n) is 6.05. The van der Waals surface area contributed by atoms with Gasteiger partial charge in [-0.3, -0.25) is 9.78 Å². The van der Waals surface area contributed by atoms with Gasteiger partial charge in [-0.25, -0.2) is 9.37 Å². The monoisotopic (exact) mass is 329 g/mol.